The lowest BCUT2D eigenvalue weighted by atomic mass is 10.4. The van der Waals surface area contributed by atoms with Crippen molar-refractivity contribution in [3.63, 3.8) is 0 Å². The molecule has 0 atom stereocenters. The summed E-state index contributed by atoms with van der Waals surface area (Å²) < 4.78 is 31.6. The number of nitrogens with zero attached hydrogens (tertiary/aromatic N) is 2. The molecule has 1 aliphatic rings. The van der Waals surface area contributed by atoms with Gasteiger partial charge in [0.25, 0.3) is 0 Å². The highest BCUT2D eigenvalue weighted by atomic mass is 32.2. The van der Waals surface area contributed by atoms with Crippen LogP contribution in [0.1, 0.15) is 6.42 Å². The standard InChI is InChI=1S/C13H21N3O4S/c1-20-10-9-15-5-2-6-16(8-7-15)21(18,19)12-3-4-13(17)14-11-12/h3-4,11H,2,5-10H2,1H3,(H,14,17). The van der Waals surface area contributed by atoms with Gasteiger partial charge in [0.15, 0.2) is 0 Å². The fraction of sp³-hybridized carbons (Fsp3) is 0.615. The van der Waals surface area contributed by atoms with Gasteiger partial charge in [-0.05, 0) is 19.0 Å². The Labute approximate surface area is 124 Å². The maximum atomic E-state index is 12.5. The van der Waals surface area contributed by atoms with Gasteiger partial charge in [-0.25, -0.2) is 8.42 Å². The van der Waals surface area contributed by atoms with Crippen molar-refractivity contribution < 1.29 is 13.2 Å². The Morgan fingerprint density at radius 3 is 2.71 bits per heavy atom. The summed E-state index contributed by atoms with van der Waals surface area (Å²) in [5, 5.41) is 0. The Morgan fingerprint density at radius 2 is 2.05 bits per heavy atom. The van der Waals surface area contributed by atoms with Crippen LogP contribution in [-0.4, -0.2) is 69.0 Å². The van der Waals surface area contributed by atoms with Crippen molar-refractivity contribution in [1.29, 1.82) is 0 Å². The average molecular weight is 315 g/mol. The summed E-state index contributed by atoms with van der Waals surface area (Å²) in [4.78, 5) is 15.8. The van der Waals surface area contributed by atoms with Gasteiger partial charge in [0.1, 0.15) is 0 Å². The normalized spacial score (nSPS) is 18.5. The van der Waals surface area contributed by atoms with E-state index in [0.29, 0.717) is 26.2 Å². The second kappa shape index (κ2) is 7.17. The van der Waals surface area contributed by atoms with Crippen molar-refractivity contribution in [2.45, 2.75) is 11.3 Å². The van der Waals surface area contributed by atoms with E-state index < -0.39 is 10.0 Å². The van der Waals surface area contributed by atoms with E-state index in [1.54, 1.807) is 7.11 Å². The van der Waals surface area contributed by atoms with Gasteiger partial charge >= 0.3 is 0 Å². The Hall–Kier alpha value is -1.22. The third kappa shape index (κ3) is 4.13. The zero-order valence-corrected chi connectivity index (χ0v) is 12.9. The van der Waals surface area contributed by atoms with E-state index in [9.17, 15) is 13.2 Å². The Bertz CT molecular complexity index is 594. The summed E-state index contributed by atoms with van der Waals surface area (Å²) in [5.74, 6) is 0. The van der Waals surface area contributed by atoms with Crippen LogP contribution in [0.4, 0.5) is 0 Å². The predicted octanol–water partition coefficient (Wildman–Crippen LogP) is -0.282. The van der Waals surface area contributed by atoms with Gasteiger partial charge in [0.05, 0.1) is 11.5 Å². The molecule has 1 aliphatic heterocycles. The minimum Gasteiger partial charge on any atom is -0.383 e. The molecule has 0 radical (unpaired) electrons. The minimum atomic E-state index is -3.54. The van der Waals surface area contributed by atoms with Crippen LogP contribution in [-0.2, 0) is 14.8 Å². The predicted molar refractivity (Wildman–Crippen MR) is 78.8 cm³/mol. The Balaban J connectivity index is 2.07. The van der Waals surface area contributed by atoms with E-state index in [4.69, 9.17) is 4.74 Å². The second-order valence-electron chi connectivity index (χ2n) is 4.98. The molecule has 0 unspecified atom stereocenters. The molecule has 21 heavy (non-hydrogen) atoms. The highest BCUT2D eigenvalue weighted by molar-refractivity contribution is 7.89. The molecule has 1 aromatic rings. The SMILES string of the molecule is COCCN1CCCN(S(=O)(=O)c2ccc(=O)[nH]c2)CC1. The maximum absolute atomic E-state index is 12.5. The van der Waals surface area contributed by atoms with Gasteiger partial charge in [-0.2, -0.15) is 4.31 Å². The van der Waals surface area contributed by atoms with E-state index in [-0.39, 0.29) is 10.5 Å². The van der Waals surface area contributed by atoms with Crippen LogP contribution in [0.5, 0.6) is 0 Å². The molecule has 1 aromatic heterocycles. The number of nitrogens with one attached hydrogen (secondary N) is 1. The summed E-state index contributed by atoms with van der Waals surface area (Å²) in [5.41, 5.74) is -0.310. The quantitative estimate of drug-likeness (QED) is 0.808. The van der Waals surface area contributed by atoms with Crippen LogP contribution >= 0.6 is 0 Å². The Morgan fingerprint density at radius 1 is 1.24 bits per heavy atom. The first-order chi connectivity index (χ1) is 10.0. The number of aromatic nitrogens is 1. The van der Waals surface area contributed by atoms with Crippen molar-refractivity contribution in [2.75, 3.05) is 46.4 Å². The lowest BCUT2D eigenvalue weighted by Gasteiger charge is -2.21. The lowest BCUT2D eigenvalue weighted by Crippen LogP contribution is -2.36. The molecule has 0 aliphatic carbocycles. The summed E-state index contributed by atoms with van der Waals surface area (Å²) in [6, 6.07) is 2.58. The van der Waals surface area contributed by atoms with E-state index in [2.05, 4.69) is 9.88 Å². The molecule has 2 heterocycles. The summed E-state index contributed by atoms with van der Waals surface area (Å²) in [6.07, 6.45) is 2.04. The maximum Gasteiger partial charge on any atom is 0.247 e. The molecule has 0 saturated carbocycles. The van der Waals surface area contributed by atoms with E-state index in [1.807, 2.05) is 0 Å². The summed E-state index contributed by atoms with van der Waals surface area (Å²) in [7, 11) is -1.88. The minimum absolute atomic E-state index is 0.132. The smallest absolute Gasteiger partial charge is 0.247 e. The van der Waals surface area contributed by atoms with Gasteiger partial charge in [0.2, 0.25) is 15.6 Å². The highest BCUT2D eigenvalue weighted by Crippen LogP contribution is 2.15. The van der Waals surface area contributed by atoms with E-state index >= 15 is 0 Å². The molecule has 2 rings (SSSR count). The molecule has 0 bridgehead atoms. The van der Waals surface area contributed by atoms with Gasteiger partial charge in [-0.1, -0.05) is 0 Å². The number of rotatable bonds is 5. The number of sulfonamides is 1. The van der Waals surface area contributed by atoms with Crippen LogP contribution in [0.15, 0.2) is 28.0 Å². The third-order valence-electron chi connectivity index (χ3n) is 3.55. The van der Waals surface area contributed by atoms with Gasteiger partial charge < -0.3 is 9.72 Å². The molecule has 1 N–H and O–H groups in total. The topological polar surface area (TPSA) is 82.7 Å². The number of methoxy groups -OCH3 is 1. The van der Waals surface area contributed by atoms with Crippen molar-refractivity contribution in [1.82, 2.24) is 14.2 Å². The largest absolute Gasteiger partial charge is 0.383 e. The van der Waals surface area contributed by atoms with Crippen LogP contribution in [0.2, 0.25) is 0 Å². The van der Waals surface area contributed by atoms with Gasteiger partial charge in [0, 0.05) is 45.6 Å². The van der Waals surface area contributed by atoms with Crippen molar-refractivity contribution in [3.8, 4) is 0 Å². The fourth-order valence-corrected chi connectivity index (χ4v) is 3.77. The Kier molecular flexibility index (Phi) is 5.51. The van der Waals surface area contributed by atoms with Crippen LogP contribution in [0.3, 0.4) is 0 Å². The molecule has 7 nitrogen and oxygen atoms in total. The molecular weight excluding hydrogens is 294 g/mol. The number of ether oxygens (including phenoxy) is 1. The highest BCUT2D eigenvalue weighted by Gasteiger charge is 2.26. The van der Waals surface area contributed by atoms with E-state index in [1.165, 1.54) is 22.6 Å². The zero-order chi connectivity index (χ0) is 15.3. The molecule has 1 fully saturated rings. The van der Waals surface area contributed by atoms with Crippen molar-refractivity contribution >= 4 is 10.0 Å². The van der Waals surface area contributed by atoms with Crippen molar-refractivity contribution in [2.24, 2.45) is 0 Å². The average Bonchev–Trinajstić information content (AvgIpc) is 2.71. The first kappa shape index (κ1) is 16.2. The molecular formula is C13H21N3O4S. The molecule has 1 saturated heterocycles. The van der Waals surface area contributed by atoms with Gasteiger partial charge in [-0.15, -0.1) is 0 Å². The molecule has 118 valence electrons. The van der Waals surface area contributed by atoms with Gasteiger partial charge in [-0.3, -0.25) is 9.69 Å². The first-order valence-corrected chi connectivity index (χ1v) is 8.38. The molecule has 0 amide bonds. The van der Waals surface area contributed by atoms with Crippen LogP contribution < -0.4 is 5.56 Å². The number of aromatic amines is 1. The zero-order valence-electron chi connectivity index (χ0n) is 12.1. The lowest BCUT2D eigenvalue weighted by molar-refractivity contribution is 0.151. The number of pyridine rings is 1. The number of H-pyrrole nitrogens is 1. The number of hydrogen-bond acceptors (Lipinski definition) is 5. The molecule has 0 spiro atoms. The monoisotopic (exact) mass is 315 g/mol. The molecule has 8 heteroatoms. The summed E-state index contributed by atoms with van der Waals surface area (Å²) >= 11 is 0. The molecule has 0 aromatic carbocycles. The summed E-state index contributed by atoms with van der Waals surface area (Å²) in [6.45, 7) is 3.94. The number of hydrogen-bond donors (Lipinski definition) is 1. The van der Waals surface area contributed by atoms with Crippen molar-refractivity contribution in [3.05, 3.63) is 28.7 Å². The first-order valence-electron chi connectivity index (χ1n) is 6.94. The van der Waals surface area contributed by atoms with E-state index in [0.717, 1.165) is 19.5 Å². The van der Waals surface area contributed by atoms with Crippen LogP contribution in [0.25, 0.3) is 0 Å². The van der Waals surface area contributed by atoms with Crippen LogP contribution in [0, 0.1) is 0 Å². The second-order valence-corrected chi connectivity index (χ2v) is 6.92. The third-order valence-corrected chi connectivity index (χ3v) is 5.45. The fourth-order valence-electron chi connectivity index (χ4n) is 2.34.